The van der Waals surface area contributed by atoms with Crippen molar-refractivity contribution in [3.05, 3.63) is 111 Å². The van der Waals surface area contributed by atoms with E-state index < -0.39 is 5.91 Å². The predicted molar refractivity (Wildman–Crippen MR) is 135 cm³/mol. The van der Waals surface area contributed by atoms with Crippen LogP contribution in [-0.4, -0.2) is 21.7 Å². The Hall–Kier alpha value is -3.61. The normalized spacial score (nSPS) is 11.1. The van der Waals surface area contributed by atoms with Gasteiger partial charge in [-0.25, -0.2) is 10.4 Å². The Morgan fingerprint density at radius 1 is 1.09 bits per heavy atom. The lowest BCUT2D eigenvalue weighted by molar-refractivity contribution is 0.0955. The van der Waals surface area contributed by atoms with Gasteiger partial charge in [0.2, 0.25) is 0 Å². The highest BCUT2D eigenvalue weighted by atomic mass is 35.5. The van der Waals surface area contributed by atoms with Crippen LogP contribution in [0.4, 0.5) is 0 Å². The lowest BCUT2D eigenvalue weighted by Crippen LogP contribution is -2.18. The zero-order valence-electron chi connectivity index (χ0n) is 18.6. The maximum atomic E-state index is 12.3. The molecule has 172 valence electrons. The van der Waals surface area contributed by atoms with Crippen LogP contribution in [0, 0.1) is 13.8 Å². The summed E-state index contributed by atoms with van der Waals surface area (Å²) in [5.41, 5.74) is 7.59. The highest BCUT2D eigenvalue weighted by Gasteiger charge is 2.12. The second-order valence-corrected chi connectivity index (χ2v) is 8.34. The molecule has 0 aliphatic carbocycles. The molecule has 4 aromatic rings. The number of benzene rings is 2. The van der Waals surface area contributed by atoms with E-state index in [-0.39, 0.29) is 10.7 Å². The van der Waals surface area contributed by atoms with Crippen molar-refractivity contribution >= 4 is 35.3 Å². The molecule has 2 aromatic carbocycles. The van der Waals surface area contributed by atoms with Crippen molar-refractivity contribution in [2.45, 2.75) is 20.5 Å². The average molecular weight is 493 g/mol. The number of pyridine rings is 1. The van der Waals surface area contributed by atoms with Gasteiger partial charge in [0.05, 0.1) is 11.8 Å². The molecule has 1 N–H and O–H groups in total. The van der Waals surface area contributed by atoms with Crippen LogP contribution in [-0.2, 0) is 6.61 Å². The lowest BCUT2D eigenvalue weighted by Gasteiger charge is -2.12. The van der Waals surface area contributed by atoms with Crippen LogP contribution in [0.5, 0.6) is 5.75 Å². The van der Waals surface area contributed by atoms with Gasteiger partial charge in [-0.05, 0) is 62.4 Å². The minimum absolute atomic E-state index is 0.132. The molecular weight excluding hydrogens is 471 g/mol. The standard InChI is InChI=1S/C26H22Cl2N4O2/c1-17-14-20(15-30-31-26(33)23-7-5-13-29-25(23)28)18(2)32(17)21-9-11-22(12-10-21)34-16-19-6-3-4-8-24(19)27/h3-15H,16H2,1-2H3,(H,31,33). The molecule has 2 aromatic heterocycles. The molecule has 0 aliphatic rings. The zero-order valence-corrected chi connectivity index (χ0v) is 20.1. The second kappa shape index (κ2) is 10.5. The van der Waals surface area contributed by atoms with Crippen molar-refractivity contribution in [1.82, 2.24) is 15.0 Å². The van der Waals surface area contributed by atoms with E-state index in [1.165, 1.54) is 6.20 Å². The number of aromatic nitrogens is 2. The molecule has 1 amide bonds. The maximum Gasteiger partial charge on any atom is 0.274 e. The number of halogens is 2. The van der Waals surface area contributed by atoms with Gasteiger partial charge in [0, 0.05) is 39.4 Å². The molecule has 34 heavy (non-hydrogen) atoms. The Bertz CT molecular complexity index is 1350. The molecule has 0 saturated carbocycles. The van der Waals surface area contributed by atoms with E-state index in [0.29, 0.717) is 11.6 Å². The Morgan fingerprint density at radius 2 is 1.85 bits per heavy atom. The topological polar surface area (TPSA) is 68.5 Å². The molecular formula is C26H22Cl2N4O2. The summed E-state index contributed by atoms with van der Waals surface area (Å²) in [6.45, 7) is 4.41. The third-order valence-corrected chi connectivity index (χ3v) is 5.96. The van der Waals surface area contributed by atoms with Crippen molar-refractivity contribution < 1.29 is 9.53 Å². The SMILES string of the molecule is Cc1cc(C=NNC(=O)c2cccnc2Cl)c(C)n1-c1ccc(OCc2ccccc2Cl)cc1. The Morgan fingerprint density at radius 3 is 2.59 bits per heavy atom. The third-order valence-electron chi connectivity index (χ3n) is 5.29. The molecule has 0 bridgehead atoms. The number of hydrazone groups is 1. The summed E-state index contributed by atoms with van der Waals surface area (Å²) in [4.78, 5) is 16.2. The molecule has 0 spiro atoms. The van der Waals surface area contributed by atoms with Gasteiger partial charge < -0.3 is 9.30 Å². The number of hydrogen-bond donors (Lipinski definition) is 1. The van der Waals surface area contributed by atoms with Crippen LogP contribution in [0.25, 0.3) is 5.69 Å². The summed E-state index contributed by atoms with van der Waals surface area (Å²) >= 11 is 12.2. The van der Waals surface area contributed by atoms with Crippen LogP contribution in [0.3, 0.4) is 0 Å². The van der Waals surface area contributed by atoms with E-state index >= 15 is 0 Å². The Labute approximate surface area is 207 Å². The summed E-state index contributed by atoms with van der Waals surface area (Å²) in [5.74, 6) is 0.334. The molecule has 6 nitrogen and oxygen atoms in total. The van der Waals surface area contributed by atoms with Crippen molar-refractivity contribution in [3.63, 3.8) is 0 Å². The molecule has 0 aliphatic heterocycles. The number of rotatable bonds is 7. The minimum Gasteiger partial charge on any atom is -0.489 e. The molecule has 0 radical (unpaired) electrons. The smallest absolute Gasteiger partial charge is 0.274 e. The fourth-order valence-electron chi connectivity index (χ4n) is 3.56. The van der Waals surface area contributed by atoms with Gasteiger partial charge in [0.25, 0.3) is 5.91 Å². The minimum atomic E-state index is -0.421. The molecule has 4 rings (SSSR count). The van der Waals surface area contributed by atoms with Crippen molar-refractivity contribution in [2.75, 3.05) is 0 Å². The van der Waals surface area contributed by atoms with E-state index in [9.17, 15) is 4.79 Å². The Kier molecular flexibility index (Phi) is 7.30. The summed E-state index contributed by atoms with van der Waals surface area (Å²) in [5, 5.41) is 4.91. The number of hydrogen-bond acceptors (Lipinski definition) is 4. The lowest BCUT2D eigenvalue weighted by atomic mass is 10.2. The van der Waals surface area contributed by atoms with Gasteiger partial charge in [-0.1, -0.05) is 41.4 Å². The summed E-state index contributed by atoms with van der Waals surface area (Å²) in [6.07, 6.45) is 3.14. The first-order chi connectivity index (χ1) is 16.4. The molecule has 0 fully saturated rings. The van der Waals surface area contributed by atoms with Crippen LogP contribution < -0.4 is 10.2 Å². The van der Waals surface area contributed by atoms with Crippen molar-refractivity contribution in [1.29, 1.82) is 0 Å². The van der Waals surface area contributed by atoms with Crippen LogP contribution in [0.15, 0.2) is 78.0 Å². The summed E-state index contributed by atoms with van der Waals surface area (Å²) in [7, 11) is 0. The maximum absolute atomic E-state index is 12.3. The third kappa shape index (κ3) is 5.30. The number of amides is 1. The van der Waals surface area contributed by atoms with Crippen LogP contribution >= 0.6 is 23.2 Å². The van der Waals surface area contributed by atoms with E-state index in [0.717, 1.165) is 34.0 Å². The molecule has 0 atom stereocenters. The number of aryl methyl sites for hydroxylation is 1. The van der Waals surface area contributed by atoms with Gasteiger partial charge in [0.15, 0.2) is 0 Å². The van der Waals surface area contributed by atoms with E-state index in [1.54, 1.807) is 18.3 Å². The van der Waals surface area contributed by atoms with E-state index in [1.807, 2.05) is 68.4 Å². The van der Waals surface area contributed by atoms with E-state index in [4.69, 9.17) is 27.9 Å². The second-order valence-electron chi connectivity index (χ2n) is 7.58. The van der Waals surface area contributed by atoms with Crippen LogP contribution in [0.1, 0.15) is 32.9 Å². The van der Waals surface area contributed by atoms with Gasteiger partial charge in [-0.2, -0.15) is 5.10 Å². The predicted octanol–water partition coefficient (Wildman–Crippen LogP) is 6.14. The van der Waals surface area contributed by atoms with Gasteiger partial charge in [0.1, 0.15) is 17.5 Å². The van der Waals surface area contributed by atoms with E-state index in [2.05, 4.69) is 20.1 Å². The fraction of sp³-hybridized carbons (Fsp3) is 0.115. The first-order valence-corrected chi connectivity index (χ1v) is 11.3. The number of carbonyl (C=O) groups is 1. The number of nitrogens with one attached hydrogen (secondary N) is 1. The van der Waals surface area contributed by atoms with Gasteiger partial charge >= 0.3 is 0 Å². The van der Waals surface area contributed by atoms with Crippen molar-refractivity contribution in [3.8, 4) is 11.4 Å². The molecule has 2 heterocycles. The highest BCUT2D eigenvalue weighted by Crippen LogP contribution is 2.23. The highest BCUT2D eigenvalue weighted by molar-refractivity contribution is 6.32. The Balaban J connectivity index is 1.44. The summed E-state index contributed by atoms with van der Waals surface area (Å²) < 4.78 is 7.99. The zero-order chi connectivity index (χ0) is 24.1. The monoisotopic (exact) mass is 492 g/mol. The first-order valence-electron chi connectivity index (χ1n) is 10.5. The molecule has 0 saturated heterocycles. The largest absolute Gasteiger partial charge is 0.489 e. The number of ether oxygens (including phenoxy) is 1. The average Bonchev–Trinajstić information content (AvgIpc) is 3.12. The number of nitrogens with zero attached hydrogens (tertiary/aromatic N) is 3. The van der Waals surface area contributed by atoms with Crippen molar-refractivity contribution in [2.24, 2.45) is 5.10 Å². The first kappa shape index (κ1) is 23.5. The quantitative estimate of drug-likeness (QED) is 0.191. The number of carbonyl (C=O) groups excluding carboxylic acids is 1. The van der Waals surface area contributed by atoms with Gasteiger partial charge in [-0.3, -0.25) is 4.79 Å². The summed E-state index contributed by atoms with van der Waals surface area (Å²) in [6, 6.07) is 20.7. The fourth-order valence-corrected chi connectivity index (χ4v) is 3.96. The van der Waals surface area contributed by atoms with Gasteiger partial charge in [-0.15, -0.1) is 0 Å². The molecule has 8 heteroatoms. The molecule has 0 unspecified atom stereocenters. The van der Waals surface area contributed by atoms with Crippen LogP contribution in [0.2, 0.25) is 10.2 Å².